The molecule has 118 valence electrons. The Kier molecular flexibility index (Phi) is 6.52. The summed E-state index contributed by atoms with van der Waals surface area (Å²) < 4.78 is 5.99. The normalized spacial score (nSPS) is 17.3. The summed E-state index contributed by atoms with van der Waals surface area (Å²) in [5, 5.41) is 3.19. The molecule has 3 nitrogen and oxygen atoms in total. The number of benzene rings is 1. The van der Waals surface area contributed by atoms with Gasteiger partial charge in [-0.05, 0) is 50.9 Å². The second kappa shape index (κ2) is 8.40. The first-order valence-corrected chi connectivity index (χ1v) is 8.28. The lowest BCUT2D eigenvalue weighted by Crippen LogP contribution is -2.37. The van der Waals surface area contributed by atoms with E-state index in [-0.39, 0.29) is 0 Å². The molecule has 1 N–H and O–H groups in total. The number of piperidine rings is 1. The molecule has 0 amide bonds. The molecule has 21 heavy (non-hydrogen) atoms. The number of para-hydroxylation sites is 1. The average molecular weight is 290 g/mol. The smallest absolute Gasteiger partial charge is 0.123 e. The summed E-state index contributed by atoms with van der Waals surface area (Å²) in [6.45, 7) is 9.83. The molecule has 0 spiro atoms. The summed E-state index contributed by atoms with van der Waals surface area (Å²) in [6.07, 6.45) is 2.68. The third kappa shape index (κ3) is 5.01. The monoisotopic (exact) mass is 290 g/mol. The van der Waals surface area contributed by atoms with E-state index in [0.29, 0.717) is 0 Å². The van der Waals surface area contributed by atoms with E-state index in [4.69, 9.17) is 4.74 Å². The van der Waals surface area contributed by atoms with Crippen LogP contribution in [0.3, 0.4) is 0 Å². The molecule has 1 aliphatic rings. The van der Waals surface area contributed by atoms with Gasteiger partial charge >= 0.3 is 0 Å². The molecule has 1 heterocycles. The van der Waals surface area contributed by atoms with Crippen molar-refractivity contribution in [2.75, 3.05) is 33.3 Å². The molecular formula is C18H30N2O. The summed E-state index contributed by atoms with van der Waals surface area (Å²) in [6, 6.07) is 8.30. The van der Waals surface area contributed by atoms with Crippen LogP contribution in [0.15, 0.2) is 24.3 Å². The number of nitrogens with one attached hydrogen (secondary N) is 1. The van der Waals surface area contributed by atoms with Crippen molar-refractivity contribution in [1.29, 1.82) is 0 Å². The van der Waals surface area contributed by atoms with Gasteiger partial charge in [0.15, 0.2) is 0 Å². The van der Waals surface area contributed by atoms with Crippen molar-refractivity contribution in [1.82, 2.24) is 10.2 Å². The van der Waals surface area contributed by atoms with Crippen LogP contribution >= 0.6 is 0 Å². The Morgan fingerprint density at radius 3 is 2.62 bits per heavy atom. The maximum atomic E-state index is 5.99. The highest BCUT2D eigenvalue weighted by Gasteiger charge is 2.21. The summed E-state index contributed by atoms with van der Waals surface area (Å²) in [7, 11) is 1.97. The van der Waals surface area contributed by atoms with Gasteiger partial charge in [0.25, 0.3) is 0 Å². The van der Waals surface area contributed by atoms with E-state index < -0.39 is 0 Å². The van der Waals surface area contributed by atoms with E-state index in [2.05, 4.69) is 42.3 Å². The minimum absolute atomic E-state index is 0.785. The second-order valence-electron chi connectivity index (χ2n) is 6.41. The Bertz CT molecular complexity index is 411. The molecule has 0 unspecified atom stereocenters. The molecule has 0 saturated carbocycles. The van der Waals surface area contributed by atoms with Crippen molar-refractivity contribution >= 4 is 0 Å². The minimum atomic E-state index is 0.785. The predicted octanol–water partition coefficient (Wildman–Crippen LogP) is 3.15. The van der Waals surface area contributed by atoms with Gasteiger partial charge in [-0.1, -0.05) is 32.0 Å². The second-order valence-corrected chi connectivity index (χ2v) is 6.41. The highest BCUT2D eigenvalue weighted by Crippen LogP contribution is 2.24. The van der Waals surface area contributed by atoms with E-state index in [0.717, 1.165) is 37.3 Å². The van der Waals surface area contributed by atoms with Gasteiger partial charge in [-0.25, -0.2) is 0 Å². The third-order valence-electron chi connectivity index (χ3n) is 4.58. The number of hydrogen-bond acceptors (Lipinski definition) is 3. The fraction of sp³-hybridized carbons (Fsp3) is 0.667. The average Bonchev–Trinajstić information content (AvgIpc) is 2.50. The molecule has 0 bridgehead atoms. The van der Waals surface area contributed by atoms with E-state index in [9.17, 15) is 0 Å². The molecule has 1 aliphatic heterocycles. The van der Waals surface area contributed by atoms with Crippen LogP contribution in [0, 0.1) is 11.8 Å². The highest BCUT2D eigenvalue weighted by molar-refractivity contribution is 5.33. The zero-order valence-electron chi connectivity index (χ0n) is 13.8. The van der Waals surface area contributed by atoms with Crippen molar-refractivity contribution in [3.8, 4) is 5.75 Å². The SMILES string of the molecule is CNCc1ccccc1OCCN1CCC(C(C)C)CC1. The van der Waals surface area contributed by atoms with E-state index in [1.807, 2.05) is 13.1 Å². The van der Waals surface area contributed by atoms with Crippen LogP contribution in [0.4, 0.5) is 0 Å². The summed E-state index contributed by atoms with van der Waals surface area (Å²) in [5.74, 6) is 2.76. The zero-order valence-corrected chi connectivity index (χ0v) is 13.8. The van der Waals surface area contributed by atoms with Crippen molar-refractivity contribution in [2.45, 2.75) is 33.2 Å². The lowest BCUT2D eigenvalue weighted by Gasteiger charge is -2.33. The van der Waals surface area contributed by atoms with Crippen LogP contribution in [0.1, 0.15) is 32.3 Å². The standard InChI is InChI=1S/C18H30N2O/c1-15(2)16-8-10-20(11-9-16)12-13-21-18-7-5-4-6-17(18)14-19-3/h4-7,15-16,19H,8-14H2,1-3H3. The number of rotatable bonds is 7. The number of hydrogen-bond donors (Lipinski definition) is 1. The first-order valence-electron chi connectivity index (χ1n) is 8.28. The van der Waals surface area contributed by atoms with Gasteiger partial charge in [0.05, 0.1) is 0 Å². The Morgan fingerprint density at radius 1 is 1.24 bits per heavy atom. The maximum absolute atomic E-state index is 5.99. The van der Waals surface area contributed by atoms with Crippen LogP contribution in [0.5, 0.6) is 5.75 Å². The van der Waals surface area contributed by atoms with Crippen LogP contribution in [0.25, 0.3) is 0 Å². The van der Waals surface area contributed by atoms with Crippen molar-refractivity contribution in [2.24, 2.45) is 11.8 Å². The van der Waals surface area contributed by atoms with Crippen molar-refractivity contribution in [3.63, 3.8) is 0 Å². The molecule has 0 aliphatic carbocycles. The Hall–Kier alpha value is -1.06. The van der Waals surface area contributed by atoms with Crippen LogP contribution in [-0.4, -0.2) is 38.2 Å². The van der Waals surface area contributed by atoms with Gasteiger partial charge in [0.1, 0.15) is 12.4 Å². The van der Waals surface area contributed by atoms with E-state index in [1.165, 1.54) is 31.5 Å². The summed E-state index contributed by atoms with van der Waals surface area (Å²) in [4.78, 5) is 2.54. The maximum Gasteiger partial charge on any atom is 0.123 e. The largest absolute Gasteiger partial charge is 0.492 e. The first kappa shape index (κ1) is 16.3. The van der Waals surface area contributed by atoms with Crippen LogP contribution in [-0.2, 0) is 6.54 Å². The Labute approximate surface area is 129 Å². The van der Waals surface area contributed by atoms with Gasteiger partial charge in [0, 0.05) is 18.7 Å². The van der Waals surface area contributed by atoms with Crippen molar-refractivity contribution < 1.29 is 4.74 Å². The number of nitrogens with zero attached hydrogens (tertiary/aromatic N) is 1. The Morgan fingerprint density at radius 2 is 1.95 bits per heavy atom. The molecular weight excluding hydrogens is 260 g/mol. The molecule has 0 aromatic heterocycles. The predicted molar refractivity (Wildman–Crippen MR) is 88.7 cm³/mol. The summed E-state index contributed by atoms with van der Waals surface area (Å²) >= 11 is 0. The van der Waals surface area contributed by atoms with E-state index in [1.54, 1.807) is 0 Å². The molecule has 1 saturated heterocycles. The van der Waals surface area contributed by atoms with Crippen LogP contribution in [0.2, 0.25) is 0 Å². The Balaban J connectivity index is 1.73. The van der Waals surface area contributed by atoms with Gasteiger partial charge < -0.3 is 10.1 Å². The van der Waals surface area contributed by atoms with Gasteiger partial charge in [-0.3, -0.25) is 4.90 Å². The molecule has 0 atom stereocenters. The molecule has 0 radical (unpaired) electrons. The molecule has 2 rings (SSSR count). The van der Waals surface area contributed by atoms with Crippen molar-refractivity contribution in [3.05, 3.63) is 29.8 Å². The molecule has 1 aromatic rings. The lowest BCUT2D eigenvalue weighted by molar-refractivity contribution is 0.136. The molecule has 1 aromatic carbocycles. The number of likely N-dealkylation sites (tertiary alicyclic amines) is 1. The van der Waals surface area contributed by atoms with Gasteiger partial charge in [-0.15, -0.1) is 0 Å². The topological polar surface area (TPSA) is 24.5 Å². The zero-order chi connectivity index (χ0) is 15.1. The number of ether oxygens (including phenoxy) is 1. The molecule has 1 fully saturated rings. The summed E-state index contributed by atoms with van der Waals surface area (Å²) in [5.41, 5.74) is 1.23. The third-order valence-corrected chi connectivity index (χ3v) is 4.58. The lowest BCUT2D eigenvalue weighted by atomic mass is 9.87. The van der Waals surface area contributed by atoms with Gasteiger partial charge in [-0.2, -0.15) is 0 Å². The highest BCUT2D eigenvalue weighted by atomic mass is 16.5. The fourth-order valence-corrected chi connectivity index (χ4v) is 3.11. The van der Waals surface area contributed by atoms with Crippen LogP contribution < -0.4 is 10.1 Å². The molecule has 3 heteroatoms. The quantitative estimate of drug-likeness (QED) is 0.835. The first-order chi connectivity index (χ1) is 10.2. The van der Waals surface area contributed by atoms with Gasteiger partial charge in [0.2, 0.25) is 0 Å². The van der Waals surface area contributed by atoms with E-state index >= 15 is 0 Å². The fourth-order valence-electron chi connectivity index (χ4n) is 3.11. The minimum Gasteiger partial charge on any atom is -0.492 e.